The molecule has 0 radical (unpaired) electrons. The number of ether oxygens (including phenoxy) is 2. The van der Waals surface area contributed by atoms with Crippen LogP contribution in [-0.4, -0.2) is 18.9 Å². The highest BCUT2D eigenvalue weighted by atomic mass is 16.5. The van der Waals surface area contributed by atoms with E-state index in [1.54, 1.807) is 31.4 Å². The largest absolute Gasteiger partial charge is 0.496 e. The molecule has 0 spiro atoms. The summed E-state index contributed by atoms with van der Waals surface area (Å²) in [6.45, 7) is 12.7. The Bertz CT molecular complexity index is 1340. The summed E-state index contributed by atoms with van der Waals surface area (Å²) >= 11 is 0. The van der Waals surface area contributed by atoms with Crippen LogP contribution in [0, 0.1) is 25.2 Å². The maximum Gasteiger partial charge on any atom is 0.343 e. The van der Waals surface area contributed by atoms with E-state index in [9.17, 15) is 9.59 Å². The van der Waals surface area contributed by atoms with Gasteiger partial charge in [0, 0.05) is 11.0 Å². The Hall–Kier alpha value is -3.40. The number of Topliss-reactive ketones (excluding diaryl/α,β-unsaturated/α-hetero) is 1. The summed E-state index contributed by atoms with van der Waals surface area (Å²) in [4.78, 5) is 24.6. The van der Waals surface area contributed by atoms with Crippen LogP contribution in [0.2, 0.25) is 0 Å². The fourth-order valence-electron chi connectivity index (χ4n) is 5.64. The Morgan fingerprint density at radius 2 is 1.43 bits per heavy atom. The molecule has 4 rings (SSSR count). The van der Waals surface area contributed by atoms with Crippen molar-refractivity contribution in [2.24, 2.45) is 11.3 Å². The summed E-state index contributed by atoms with van der Waals surface area (Å²) in [6.07, 6.45) is 3.22. The van der Waals surface area contributed by atoms with Crippen molar-refractivity contribution in [2.45, 2.75) is 66.2 Å². The minimum absolute atomic E-state index is 0.0841. The quantitative estimate of drug-likeness (QED) is 0.197. The van der Waals surface area contributed by atoms with Gasteiger partial charge in [0.25, 0.3) is 0 Å². The van der Waals surface area contributed by atoms with E-state index in [-0.39, 0.29) is 16.6 Å². The van der Waals surface area contributed by atoms with Crippen LogP contribution in [0.4, 0.5) is 0 Å². The third-order valence-electron chi connectivity index (χ3n) is 8.57. The molecule has 3 aromatic carbocycles. The van der Waals surface area contributed by atoms with Crippen molar-refractivity contribution < 1.29 is 19.1 Å². The van der Waals surface area contributed by atoms with Gasteiger partial charge >= 0.3 is 5.97 Å². The fourth-order valence-corrected chi connectivity index (χ4v) is 5.64. The molecule has 1 aliphatic carbocycles. The average Bonchev–Trinajstić information content (AvgIpc) is 2.87. The molecule has 1 fully saturated rings. The van der Waals surface area contributed by atoms with Crippen molar-refractivity contribution in [1.29, 1.82) is 0 Å². The second kappa shape index (κ2) is 10.2. The zero-order valence-corrected chi connectivity index (χ0v) is 23.1. The van der Waals surface area contributed by atoms with Gasteiger partial charge in [-0.3, -0.25) is 4.79 Å². The van der Waals surface area contributed by atoms with Crippen LogP contribution < -0.4 is 9.47 Å². The van der Waals surface area contributed by atoms with Crippen LogP contribution >= 0.6 is 0 Å². The van der Waals surface area contributed by atoms with Crippen LogP contribution in [-0.2, 0) is 5.41 Å². The Labute approximate surface area is 221 Å². The Kier molecular flexibility index (Phi) is 7.32. The molecule has 37 heavy (non-hydrogen) atoms. The summed E-state index contributed by atoms with van der Waals surface area (Å²) in [6, 6.07) is 19.4. The molecular formula is C33H38O4. The maximum atomic E-state index is 12.9. The molecule has 194 valence electrons. The number of benzene rings is 3. The first-order chi connectivity index (χ1) is 17.5. The van der Waals surface area contributed by atoms with E-state index in [0.717, 1.165) is 36.1 Å². The predicted octanol–water partition coefficient (Wildman–Crippen LogP) is 7.87. The molecule has 0 heterocycles. The van der Waals surface area contributed by atoms with Crippen molar-refractivity contribution in [2.75, 3.05) is 7.11 Å². The van der Waals surface area contributed by atoms with Crippen molar-refractivity contribution in [1.82, 2.24) is 0 Å². The summed E-state index contributed by atoms with van der Waals surface area (Å²) in [5.41, 5.74) is 5.60. The summed E-state index contributed by atoms with van der Waals surface area (Å²) in [7, 11) is 1.71. The Morgan fingerprint density at radius 1 is 0.838 bits per heavy atom. The highest BCUT2D eigenvalue weighted by Crippen LogP contribution is 2.53. The lowest BCUT2D eigenvalue weighted by molar-refractivity contribution is 0.0733. The van der Waals surface area contributed by atoms with E-state index in [1.165, 1.54) is 18.1 Å². The van der Waals surface area contributed by atoms with Gasteiger partial charge in [-0.2, -0.15) is 0 Å². The Morgan fingerprint density at radius 3 is 1.97 bits per heavy atom. The molecule has 2 unspecified atom stereocenters. The first-order valence-corrected chi connectivity index (χ1v) is 13.1. The lowest BCUT2D eigenvalue weighted by Gasteiger charge is -2.49. The van der Waals surface area contributed by atoms with E-state index < -0.39 is 5.97 Å². The average molecular weight is 499 g/mol. The molecule has 0 amide bonds. The number of ketones is 1. The Balaban J connectivity index is 1.70. The zero-order valence-electron chi connectivity index (χ0n) is 23.1. The smallest absolute Gasteiger partial charge is 0.343 e. The van der Waals surface area contributed by atoms with Gasteiger partial charge in [-0.15, -0.1) is 0 Å². The molecule has 0 bridgehead atoms. The van der Waals surface area contributed by atoms with Crippen LogP contribution in [0.25, 0.3) is 0 Å². The minimum atomic E-state index is -0.465. The minimum Gasteiger partial charge on any atom is -0.496 e. The SMILES string of the molecule is COc1ccc(C2(c3ccc(OC(=O)c4cccc(C(C)=O)c4)c(C)c3)CCC(C)(C)C(C)C2)cc1C. The first-order valence-electron chi connectivity index (χ1n) is 13.1. The van der Waals surface area contributed by atoms with Crippen LogP contribution in [0.15, 0.2) is 60.7 Å². The monoisotopic (exact) mass is 498 g/mol. The highest BCUT2D eigenvalue weighted by Gasteiger charge is 2.45. The molecule has 0 N–H and O–H groups in total. The van der Waals surface area contributed by atoms with Gasteiger partial charge in [-0.05, 0) is 97.9 Å². The molecule has 3 aromatic rings. The number of aryl methyl sites for hydroxylation is 2. The van der Waals surface area contributed by atoms with Gasteiger partial charge in [0.15, 0.2) is 5.78 Å². The number of carbonyl (C=O) groups excluding carboxylic acids is 2. The maximum absolute atomic E-state index is 12.9. The first kappa shape index (κ1) is 26.7. The van der Waals surface area contributed by atoms with Crippen molar-refractivity contribution in [3.63, 3.8) is 0 Å². The number of rotatable bonds is 6. The predicted molar refractivity (Wildman–Crippen MR) is 148 cm³/mol. The number of hydrogen-bond donors (Lipinski definition) is 0. The number of esters is 1. The van der Waals surface area contributed by atoms with Crippen LogP contribution in [0.3, 0.4) is 0 Å². The third kappa shape index (κ3) is 5.20. The van der Waals surface area contributed by atoms with Gasteiger partial charge in [-0.25, -0.2) is 4.79 Å². The molecule has 0 aliphatic heterocycles. The van der Waals surface area contributed by atoms with E-state index in [0.29, 0.717) is 22.8 Å². The van der Waals surface area contributed by atoms with Crippen LogP contribution in [0.5, 0.6) is 11.5 Å². The second-order valence-electron chi connectivity index (χ2n) is 11.4. The van der Waals surface area contributed by atoms with Gasteiger partial charge in [0.2, 0.25) is 0 Å². The van der Waals surface area contributed by atoms with Gasteiger partial charge in [-0.1, -0.05) is 57.2 Å². The van der Waals surface area contributed by atoms with Crippen molar-refractivity contribution in [3.8, 4) is 11.5 Å². The van der Waals surface area contributed by atoms with Gasteiger partial charge in [0.05, 0.1) is 12.7 Å². The highest BCUT2D eigenvalue weighted by molar-refractivity contribution is 5.98. The topological polar surface area (TPSA) is 52.6 Å². The van der Waals surface area contributed by atoms with Crippen molar-refractivity contribution >= 4 is 11.8 Å². The normalized spacial score (nSPS) is 20.8. The molecule has 1 saturated carbocycles. The molecule has 1 aliphatic rings. The second-order valence-corrected chi connectivity index (χ2v) is 11.4. The lowest BCUT2D eigenvalue weighted by atomic mass is 9.55. The molecule has 4 nitrogen and oxygen atoms in total. The van der Waals surface area contributed by atoms with Crippen molar-refractivity contribution in [3.05, 3.63) is 94.0 Å². The third-order valence-corrected chi connectivity index (χ3v) is 8.57. The zero-order chi connectivity index (χ0) is 27.0. The fraction of sp³-hybridized carbons (Fsp3) is 0.394. The van der Waals surface area contributed by atoms with E-state index in [1.807, 2.05) is 13.0 Å². The number of hydrogen-bond acceptors (Lipinski definition) is 4. The molecule has 4 heteroatoms. The van der Waals surface area contributed by atoms with E-state index in [4.69, 9.17) is 9.47 Å². The molecule has 0 aromatic heterocycles. The van der Waals surface area contributed by atoms with E-state index >= 15 is 0 Å². The van der Waals surface area contributed by atoms with E-state index in [2.05, 4.69) is 58.0 Å². The van der Waals surface area contributed by atoms with Crippen LogP contribution in [0.1, 0.15) is 89.9 Å². The number of carbonyl (C=O) groups is 2. The van der Waals surface area contributed by atoms with Gasteiger partial charge < -0.3 is 9.47 Å². The summed E-state index contributed by atoms with van der Waals surface area (Å²) in [5.74, 6) is 1.42. The standard InChI is InChI=1S/C33H38O4/c1-21-17-27(11-13-29(21)36-7)33(16-15-32(5,6)23(3)20-33)28-12-14-30(22(2)18-28)37-31(35)26-10-8-9-25(19-26)24(4)34/h8-14,17-19,23H,15-16,20H2,1-7H3. The molecule has 0 saturated heterocycles. The summed E-state index contributed by atoms with van der Waals surface area (Å²) in [5, 5.41) is 0. The number of methoxy groups -OCH3 is 1. The summed E-state index contributed by atoms with van der Waals surface area (Å²) < 4.78 is 11.3. The lowest BCUT2D eigenvalue weighted by Crippen LogP contribution is -2.41. The molecular weight excluding hydrogens is 460 g/mol. The van der Waals surface area contributed by atoms with Gasteiger partial charge in [0.1, 0.15) is 11.5 Å². The molecule has 2 atom stereocenters.